The molecule has 24 heavy (non-hydrogen) atoms. The number of carbonyl (C=O) groups is 1. The van der Waals surface area contributed by atoms with E-state index in [0.29, 0.717) is 23.6 Å². The van der Waals surface area contributed by atoms with Crippen molar-refractivity contribution in [2.45, 2.75) is 38.8 Å². The van der Waals surface area contributed by atoms with Crippen molar-refractivity contribution in [3.8, 4) is 0 Å². The maximum atomic E-state index is 12.5. The zero-order valence-corrected chi connectivity index (χ0v) is 15.2. The summed E-state index contributed by atoms with van der Waals surface area (Å²) in [7, 11) is 2.21. The van der Waals surface area contributed by atoms with Crippen molar-refractivity contribution in [3.05, 3.63) is 30.1 Å². The molecule has 1 aromatic heterocycles. The van der Waals surface area contributed by atoms with Crippen LogP contribution in [0.4, 0.5) is 0 Å². The number of hydrogen-bond acceptors (Lipinski definition) is 4. The summed E-state index contributed by atoms with van der Waals surface area (Å²) in [6, 6.07) is 4.87. The minimum Gasteiger partial charge on any atom is -0.335 e. The number of amides is 1. The lowest BCUT2D eigenvalue weighted by atomic mass is 9.96. The Morgan fingerprint density at radius 2 is 2.00 bits per heavy atom. The van der Waals surface area contributed by atoms with E-state index < -0.39 is 0 Å². The van der Waals surface area contributed by atoms with Gasteiger partial charge in [-0.2, -0.15) is 0 Å². The number of carbonyl (C=O) groups excluding carboxylic acids is 1. The van der Waals surface area contributed by atoms with Crippen LogP contribution in [0.15, 0.2) is 24.5 Å². The summed E-state index contributed by atoms with van der Waals surface area (Å²) in [6.45, 7) is 9.79. The van der Waals surface area contributed by atoms with Gasteiger partial charge in [-0.15, -0.1) is 0 Å². The third-order valence-electron chi connectivity index (χ3n) is 5.26. The zero-order valence-electron chi connectivity index (χ0n) is 15.2. The molecule has 132 valence electrons. The second-order valence-electron chi connectivity index (χ2n) is 7.73. The van der Waals surface area contributed by atoms with Crippen molar-refractivity contribution in [2.24, 2.45) is 5.92 Å². The number of hydrogen-bond donors (Lipinski definition) is 0. The smallest absolute Gasteiger partial charge is 0.255 e. The van der Waals surface area contributed by atoms with Gasteiger partial charge in [-0.05, 0) is 51.0 Å². The van der Waals surface area contributed by atoms with Crippen LogP contribution in [0.25, 0.3) is 0 Å². The maximum Gasteiger partial charge on any atom is 0.255 e. The molecule has 1 aromatic rings. The number of aromatic nitrogens is 1. The summed E-state index contributed by atoms with van der Waals surface area (Å²) in [5, 5.41) is 0. The maximum absolute atomic E-state index is 12.5. The van der Waals surface area contributed by atoms with Gasteiger partial charge in [-0.3, -0.25) is 14.7 Å². The fraction of sp³-hybridized carbons (Fsp3) is 0.684. The molecule has 0 aliphatic carbocycles. The summed E-state index contributed by atoms with van der Waals surface area (Å²) < 4.78 is 0. The first-order chi connectivity index (χ1) is 11.5. The molecule has 0 saturated carbocycles. The van der Waals surface area contributed by atoms with Gasteiger partial charge in [0.25, 0.3) is 5.91 Å². The molecule has 2 aliphatic rings. The molecule has 0 bridgehead atoms. The van der Waals surface area contributed by atoms with Gasteiger partial charge in [0.15, 0.2) is 0 Å². The minimum atomic E-state index is 0.118. The lowest BCUT2D eigenvalue weighted by Gasteiger charge is -2.50. The van der Waals surface area contributed by atoms with Crippen LogP contribution in [0.3, 0.4) is 0 Å². The van der Waals surface area contributed by atoms with Crippen molar-refractivity contribution in [1.82, 2.24) is 19.7 Å². The number of rotatable bonds is 5. The number of likely N-dealkylation sites (tertiary alicyclic amines) is 2. The van der Waals surface area contributed by atoms with E-state index in [1.807, 2.05) is 17.0 Å². The van der Waals surface area contributed by atoms with E-state index in [0.717, 1.165) is 19.6 Å². The van der Waals surface area contributed by atoms with Crippen LogP contribution in [0.2, 0.25) is 0 Å². The Morgan fingerprint density at radius 3 is 2.58 bits per heavy atom. The molecule has 3 heterocycles. The molecule has 0 atom stereocenters. The summed E-state index contributed by atoms with van der Waals surface area (Å²) in [6.07, 6.45) is 5.87. The highest BCUT2D eigenvalue weighted by molar-refractivity contribution is 5.94. The van der Waals surface area contributed by atoms with Crippen LogP contribution < -0.4 is 0 Å². The van der Waals surface area contributed by atoms with Gasteiger partial charge >= 0.3 is 0 Å². The van der Waals surface area contributed by atoms with E-state index in [1.165, 1.54) is 25.9 Å². The SMILES string of the molecule is CC(C)CN(C1CCN(C)CC1)C1CN(C(=O)c2cccnc2)C1. The monoisotopic (exact) mass is 330 g/mol. The van der Waals surface area contributed by atoms with Gasteiger partial charge < -0.3 is 9.80 Å². The Kier molecular flexibility index (Phi) is 5.51. The third-order valence-corrected chi connectivity index (χ3v) is 5.26. The lowest BCUT2D eigenvalue weighted by Crippen LogP contribution is -2.64. The molecule has 0 spiro atoms. The molecule has 5 nitrogen and oxygen atoms in total. The van der Waals surface area contributed by atoms with Crippen LogP contribution in [-0.4, -0.2) is 77.4 Å². The summed E-state index contributed by atoms with van der Waals surface area (Å²) in [5.74, 6) is 0.778. The van der Waals surface area contributed by atoms with Gasteiger partial charge in [-0.25, -0.2) is 0 Å². The fourth-order valence-electron chi connectivity index (χ4n) is 3.85. The standard InChI is InChI=1S/C19H30N4O/c1-15(2)12-23(17-6-9-21(3)10-7-17)18-13-22(14-18)19(24)16-5-4-8-20-11-16/h4-5,8,11,15,17-18H,6-7,9-10,12-14H2,1-3H3. The molecule has 2 fully saturated rings. The van der Waals surface area contributed by atoms with Gasteiger partial charge in [0.1, 0.15) is 0 Å². The quantitative estimate of drug-likeness (QED) is 0.827. The van der Waals surface area contributed by atoms with E-state index >= 15 is 0 Å². The van der Waals surface area contributed by atoms with Crippen LogP contribution in [0, 0.1) is 5.92 Å². The fourth-order valence-corrected chi connectivity index (χ4v) is 3.85. The van der Waals surface area contributed by atoms with E-state index in [4.69, 9.17) is 0 Å². The number of pyridine rings is 1. The van der Waals surface area contributed by atoms with Crippen molar-refractivity contribution in [3.63, 3.8) is 0 Å². The van der Waals surface area contributed by atoms with Gasteiger partial charge in [-0.1, -0.05) is 13.8 Å². The first-order valence-electron chi connectivity index (χ1n) is 9.18. The van der Waals surface area contributed by atoms with E-state index in [-0.39, 0.29) is 5.91 Å². The highest BCUT2D eigenvalue weighted by atomic mass is 16.2. The highest BCUT2D eigenvalue weighted by Crippen LogP contribution is 2.25. The van der Waals surface area contributed by atoms with Gasteiger partial charge in [0, 0.05) is 44.1 Å². The largest absolute Gasteiger partial charge is 0.335 e. The van der Waals surface area contributed by atoms with Crippen LogP contribution >= 0.6 is 0 Å². The van der Waals surface area contributed by atoms with E-state index in [2.05, 4.69) is 35.7 Å². The number of piperidine rings is 1. The first-order valence-corrected chi connectivity index (χ1v) is 9.18. The summed E-state index contributed by atoms with van der Waals surface area (Å²) in [5.41, 5.74) is 0.700. The van der Waals surface area contributed by atoms with Crippen LogP contribution in [-0.2, 0) is 0 Å². The summed E-state index contributed by atoms with van der Waals surface area (Å²) in [4.78, 5) is 23.6. The van der Waals surface area contributed by atoms with Gasteiger partial charge in [0.2, 0.25) is 0 Å². The molecule has 3 rings (SSSR count). The van der Waals surface area contributed by atoms with Crippen LogP contribution in [0.1, 0.15) is 37.0 Å². The number of nitrogens with zero attached hydrogens (tertiary/aromatic N) is 4. The van der Waals surface area contributed by atoms with Crippen molar-refractivity contribution in [1.29, 1.82) is 0 Å². The second kappa shape index (κ2) is 7.62. The second-order valence-corrected chi connectivity index (χ2v) is 7.73. The molecule has 0 radical (unpaired) electrons. The van der Waals surface area contributed by atoms with Crippen molar-refractivity contribution < 1.29 is 4.79 Å². The van der Waals surface area contributed by atoms with Crippen molar-refractivity contribution >= 4 is 5.91 Å². The predicted molar refractivity (Wildman–Crippen MR) is 96.0 cm³/mol. The van der Waals surface area contributed by atoms with Gasteiger partial charge in [0.05, 0.1) is 5.56 Å². The molecule has 0 aromatic carbocycles. The molecule has 1 amide bonds. The molecule has 0 N–H and O–H groups in total. The summed E-state index contributed by atoms with van der Waals surface area (Å²) >= 11 is 0. The Labute approximate surface area is 145 Å². The Bertz CT molecular complexity index is 534. The molecule has 2 aliphatic heterocycles. The average Bonchev–Trinajstić information content (AvgIpc) is 2.53. The normalized spacial score (nSPS) is 20.6. The minimum absolute atomic E-state index is 0.118. The molecular formula is C19H30N4O. The predicted octanol–water partition coefficient (Wildman–Crippen LogP) is 1.96. The molecule has 0 unspecified atom stereocenters. The van der Waals surface area contributed by atoms with E-state index in [9.17, 15) is 4.79 Å². The Hall–Kier alpha value is -1.46. The highest BCUT2D eigenvalue weighted by Gasteiger charge is 2.38. The Morgan fingerprint density at radius 1 is 1.29 bits per heavy atom. The molecule has 2 saturated heterocycles. The Balaban J connectivity index is 1.59. The zero-order chi connectivity index (χ0) is 17.1. The lowest BCUT2D eigenvalue weighted by molar-refractivity contribution is -0.00802. The molecule has 5 heteroatoms. The van der Waals surface area contributed by atoms with E-state index in [1.54, 1.807) is 12.4 Å². The molecular weight excluding hydrogens is 300 g/mol. The first kappa shape index (κ1) is 17.4. The third kappa shape index (κ3) is 3.95. The van der Waals surface area contributed by atoms with Crippen LogP contribution in [0.5, 0.6) is 0 Å². The van der Waals surface area contributed by atoms with Crippen molar-refractivity contribution in [2.75, 3.05) is 39.8 Å². The topological polar surface area (TPSA) is 39.7 Å². The average molecular weight is 330 g/mol.